The largest absolute Gasteiger partial charge is 0.374 e. The van der Waals surface area contributed by atoms with E-state index in [1.807, 2.05) is 13.0 Å². The van der Waals surface area contributed by atoms with Gasteiger partial charge < -0.3 is 10.5 Å². The van der Waals surface area contributed by atoms with Crippen molar-refractivity contribution in [3.8, 4) is 0 Å². The Morgan fingerprint density at radius 2 is 2.32 bits per heavy atom. The van der Waals surface area contributed by atoms with Crippen LogP contribution in [0.3, 0.4) is 0 Å². The Labute approximate surface area is 114 Å². The van der Waals surface area contributed by atoms with Gasteiger partial charge in [-0.2, -0.15) is 0 Å². The van der Waals surface area contributed by atoms with E-state index in [9.17, 15) is 4.39 Å². The highest BCUT2D eigenvalue weighted by Gasteiger charge is 2.25. The molecule has 0 saturated carbocycles. The van der Waals surface area contributed by atoms with E-state index in [-0.39, 0.29) is 18.0 Å². The third-order valence-electron chi connectivity index (χ3n) is 3.86. The van der Waals surface area contributed by atoms with Gasteiger partial charge in [0.15, 0.2) is 0 Å². The molecule has 1 aromatic rings. The summed E-state index contributed by atoms with van der Waals surface area (Å²) in [6.45, 7) is 7.72. The van der Waals surface area contributed by atoms with Crippen molar-refractivity contribution in [2.45, 2.75) is 32.4 Å². The van der Waals surface area contributed by atoms with Crippen molar-refractivity contribution in [3.63, 3.8) is 0 Å². The van der Waals surface area contributed by atoms with Gasteiger partial charge in [0.2, 0.25) is 0 Å². The van der Waals surface area contributed by atoms with Gasteiger partial charge in [-0.25, -0.2) is 4.39 Å². The van der Waals surface area contributed by atoms with Gasteiger partial charge in [-0.15, -0.1) is 0 Å². The highest BCUT2D eigenvalue weighted by Crippen LogP contribution is 2.15. The van der Waals surface area contributed by atoms with Gasteiger partial charge in [-0.05, 0) is 43.1 Å². The Bertz CT molecular complexity index is 425. The molecular weight excluding hydrogens is 243 g/mol. The molecule has 0 amide bonds. The van der Waals surface area contributed by atoms with E-state index in [1.54, 1.807) is 6.07 Å². The first kappa shape index (κ1) is 14.4. The average molecular weight is 266 g/mol. The van der Waals surface area contributed by atoms with Gasteiger partial charge in [0.1, 0.15) is 5.82 Å². The number of halogens is 1. The molecule has 2 N–H and O–H groups in total. The van der Waals surface area contributed by atoms with Crippen molar-refractivity contribution in [2.24, 2.45) is 5.73 Å². The van der Waals surface area contributed by atoms with Gasteiger partial charge in [-0.1, -0.05) is 13.0 Å². The lowest BCUT2D eigenvalue weighted by Gasteiger charge is -2.35. The molecule has 2 rings (SSSR count). The van der Waals surface area contributed by atoms with E-state index in [2.05, 4.69) is 11.8 Å². The van der Waals surface area contributed by atoms with Crippen molar-refractivity contribution < 1.29 is 9.13 Å². The van der Waals surface area contributed by atoms with Crippen molar-refractivity contribution in [1.29, 1.82) is 0 Å². The highest BCUT2D eigenvalue weighted by atomic mass is 19.1. The number of morpholine rings is 1. The van der Waals surface area contributed by atoms with Crippen LogP contribution < -0.4 is 5.73 Å². The average Bonchev–Trinajstić information content (AvgIpc) is 2.42. The second-order valence-corrected chi connectivity index (χ2v) is 5.24. The van der Waals surface area contributed by atoms with Gasteiger partial charge in [0, 0.05) is 19.1 Å². The lowest BCUT2D eigenvalue weighted by atomic mass is 9.97. The number of rotatable bonds is 4. The summed E-state index contributed by atoms with van der Waals surface area (Å²) in [4.78, 5) is 2.35. The summed E-state index contributed by atoms with van der Waals surface area (Å²) in [6.07, 6.45) is 0.798. The quantitative estimate of drug-likeness (QED) is 0.902. The molecule has 3 nitrogen and oxygen atoms in total. The van der Waals surface area contributed by atoms with Crippen molar-refractivity contribution in [3.05, 3.63) is 35.1 Å². The van der Waals surface area contributed by atoms with E-state index >= 15 is 0 Å². The predicted molar refractivity (Wildman–Crippen MR) is 74.7 cm³/mol. The van der Waals surface area contributed by atoms with E-state index in [1.165, 1.54) is 6.07 Å². The molecule has 0 aliphatic carbocycles. The second-order valence-electron chi connectivity index (χ2n) is 5.24. The van der Waals surface area contributed by atoms with Crippen LogP contribution in [0.25, 0.3) is 0 Å². The molecule has 19 heavy (non-hydrogen) atoms. The fraction of sp³-hybridized carbons (Fsp3) is 0.600. The fourth-order valence-corrected chi connectivity index (χ4v) is 2.55. The molecule has 1 aliphatic heterocycles. The van der Waals surface area contributed by atoms with Crippen LogP contribution in [-0.2, 0) is 11.2 Å². The number of benzene rings is 1. The maximum Gasteiger partial charge on any atom is 0.123 e. The molecular formula is C15H23FN2O. The molecule has 1 heterocycles. The van der Waals surface area contributed by atoms with Gasteiger partial charge in [0.25, 0.3) is 0 Å². The first-order chi connectivity index (χ1) is 9.10. The van der Waals surface area contributed by atoms with Crippen LogP contribution in [0.4, 0.5) is 4.39 Å². The zero-order valence-corrected chi connectivity index (χ0v) is 11.7. The third kappa shape index (κ3) is 3.75. The van der Waals surface area contributed by atoms with Crippen molar-refractivity contribution >= 4 is 0 Å². The van der Waals surface area contributed by atoms with Crippen molar-refractivity contribution in [1.82, 2.24) is 4.90 Å². The molecule has 4 heteroatoms. The zero-order valence-electron chi connectivity index (χ0n) is 11.7. The van der Waals surface area contributed by atoms with Crippen LogP contribution >= 0.6 is 0 Å². The number of nitrogens with zero attached hydrogens (tertiary/aromatic N) is 1. The normalized spacial score (nSPS) is 22.4. The van der Waals surface area contributed by atoms with Gasteiger partial charge in [-0.3, -0.25) is 4.90 Å². The molecule has 1 aliphatic rings. The summed E-state index contributed by atoms with van der Waals surface area (Å²) in [5.41, 5.74) is 8.32. The molecule has 0 bridgehead atoms. The van der Waals surface area contributed by atoms with Crippen LogP contribution in [0.2, 0.25) is 0 Å². The summed E-state index contributed by atoms with van der Waals surface area (Å²) in [5.74, 6) is -0.194. The molecule has 2 atom stereocenters. The maximum absolute atomic E-state index is 13.1. The molecule has 2 unspecified atom stereocenters. The van der Waals surface area contributed by atoms with Crippen LogP contribution in [0.1, 0.15) is 18.1 Å². The van der Waals surface area contributed by atoms with Gasteiger partial charge >= 0.3 is 0 Å². The molecule has 1 saturated heterocycles. The Kier molecular flexibility index (Phi) is 4.91. The monoisotopic (exact) mass is 266 g/mol. The van der Waals surface area contributed by atoms with E-state index in [0.717, 1.165) is 43.8 Å². The highest BCUT2D eigenvalue weighted by molar-refractivity contribution is 5.27. The number of hydrogen-bond acceptors (Lipinski definition) is 3. The minimum atomic E-state index is -0.194. The van der Waals surface area contributed by atoms with E-state index < -0.39 is 0 Å². The number of aryl methyl sites for hydroxylation is 1. The van der Waals surface area contributed by atoms with Crippen LogP contribution in [0, 0.1) is 12.7 Å². The number of ether oxygens (including phenoxy) is 1. The summed E-state index contributed by atoms with van der Waals surface area (Å²) in [7, 11) is 0. The third-order valence-corrected chi connectivity index (χ3v) is 3.86. The predicted octanol–water partition coefficient (Wildman–Crippen LogP) is 1.72. The van der Waals surface area contributed by atoms with Crippen molar-refractivity contribution in [2.75, 3.05) is 26.2 Å². The van der Waals surface area contributed by atoms with Crippen LogP contribution in [0.5, 0.6) is 0 Å². The fourth-order valence-electron chi connectivity index (χ4n) is 2.55. The smallest absolute Gasteiger partial charge is 0.123 e. The molecule has 1 aromatic carbocycles. The second kappa shape index (κ2) is 6.46. The lowest BCUT2D eigenvalue weighted by Crippen LogP contribution is -2.51. The lowest BCUT2D eigenvalue weighted by molar-refractivity contribution is -0.0385. The standard InChI is InChI=1S/C15H23FN2O/c1-3-18-6-7-19-15(10-18)14(17)9-12-4-5-13(16)8-11(12)2/h4-5,8,14-15H,3,6-7,9-10,17H2,1-2H3. The van der Waals surface area contributed by atoms with Crippen LogP contribution in [-0.4, -0.2) is 43.3 Å². The number of hydrogen-bond donors (Lipinski definition) is 1. The Morgan fingerprint density at radius 3 is 3.00 bits per heavy atom. The van der Waals surface area contributed by atoms with E-state index in [0.29, 0.717) is 0 Å². The first-order valence-electron chi connectivity index (χ1n) is 6.94. The SMILES string of the molecule is CCN1CCOC(C(N)Cc2ccc(F)cc2C)C1. The molecule has 106 valence electrons. The van der Waals surface area contributed by atoms with Crippen LogP contribution in [0.15, 0.2) is 18.2 Å². The molecule has 0 radical (unpaired) electrons. The molecule has 0 aromatic heterocycles. The van der Waals surface area contributed by atoms with E-state index in [4.69, 9.17) is 10.5 Å². The minimum Gasteiger partial charge on any atom is -0.374 e. The molecule has 0 spiro atoms. The number of nitrogens with two attached hydrogens (primary N) is 1. The summed E-state index contributed by atoms with van der Waals surface area (Å²) in [6, 6.07) is 4.83. The summed E-state index contributed by atoms with van der Waals surface area (Å²) < 4.78 is 18.8. The summed E-state index contributed by atoms with van der Waals surface area (Å²) >= 11 is 0. The Morgan fingerprint density at radius 1 is 1.53 bits per heavy atom. The minimum absolute atomic E-state index is 0.0430. The first-order valence-corrected chi connectivity index (χ1v) is 6.94. The molecule has 1 fully saturated rings. The zero-order chi connectivity index (χ0) is 13.8. The Balaban J connectivity index is 1.98. The summed E-state index contributed by atoms with van der Waals surface area (Å²) in [5, 5.41) is 0. The number of likely N-dealkylation sites (N-methyl/N-ethyl adjacent to an activating group) is 1. The Hall–Kier alpha value is -0.970. The topological polar surface area (TPSA) is 38.5 Å². The maximum atomic E-state index is 13.1. The van der Waals surface area contributed by atoms with Gasteiger partial charge in [0.05, 0.1) is 12.7 Å².